The third-order valence-corrected chi connectivity index (χ3v) is 3.57. The van der Waals surface area contributed by atoms with Gasteiger partial charge in [0.2, 0.25) is 5.91 Å². The minimum Gasteiger partial charge on any atom is -0.397 e. The summed E-state index contributed by atoms with van der Waals surface area (Å²) < 4.78 is 13.6. The van der Waals surface area contributed by atoms with Crippen molar-refractivity contribution in [2.75, 3.05) is 17.2 Å². The Morgan fingerprint density at radius 3 is 2.88 bits per heavy atom. The standard InChI is InChI=1S/C11H13BrFN3O/c12-6-4-10(8(14)5-7(6)13)16-3-1-2-9(16)11(15)17/h4-5,9H,1-3,14H2,(H2,15,17). The average Bonchev–Trinajstić information content (AvgIpc) is 2.72. The number of hydrogen-bond donors (Lipinski definition) is 2. The monoisotopic (exact) mass is 301 g/mol. The number of benzene rings is 1. The van der Waals surface area contributed by atoms with Crippen molar-refractivity contribution in [3.05, 3.63) is 22.4 Å². The van der Waals surface area contributed by atoms with Gasteiger partial charge in [-0.3, -0.25) is 4.79 Å². The van der Waals surface area contributed by atoms with E-state index in [0.29, 0.717) is 28.8 Å². The van der Waals surface area contributed by atoms with E-state index in [9.17, 15) is 9.18 Å². The molecule has 92 valence electrons. The molecule has 6 heteroatoms. The van der Waals surface area contributed by atoms with Gasteiger partial charge in [-0.15, -0.1) is 0 Å². The topological polar surface area (TPSA) is 72.4 Å². The fourth-order valence-corrected chi connectivity index (χ4v) is 2.48. The van der Waals surface area contributed by atoms with Gasteiger partial charge in [0.15, 0.2) is 0 Å². The van der Waals surface area contributed by atoms with Crippen molar-refractivity contribution >= 4 is 33.2 Å². The molecule has 1 aromatic carbocycles. The zero-order valence-electron chi connectivity index (χ0n) is 9.12. The van der Waals surface area contributed by atoms with E-state index in [0.717, 1.165) is 6.42 Å². The van der Waals surface area contributed by atoms with Crippen LogP contribution in [-0.4, -0.2) is 18.5 Å². The predicted octanol–water partition coefficient (Wildman–Crippen LogP) is 1.62. The summed E-state index contributed by atoms with van der Waals surface area (Å²) >= 11 is 3.11. The summed E-state index contributed by atoms with van der Waals surface area (Å²) in [4.78, 5) is 13.1. The van der Waals surface area contributed by atoms with Gasteiger partial charge in [0.1, 0.15) is 11.9 Å². The first kappa shape index (κ1) is 12.2. The summed E-state index contributed by atoms with van der Waals surface area (Å²) in [5, 5.41) is 0. The van der Waals surface area contributed by atoms with Crippen LogP contribution in [0.1, 0.15) is 12.8 Å². The minimum atomic E-state index is -0.416. The number of halogens is 2. The smallest absolute Gasteiger partial charge is 0.240 e. The molecule has 1 aliphatic rings. The van der Waals surface area contributed by atoms with Gasteiger partial charge in [0.05, 0.1) is 15.8 Å². The van der Waals surface area contributed by atoms with E-state index in [1.54, 1.807) is 6.07 Å². The van der Waals surface area contributed by atoms with E-state index < -0.39 is 5.82 Å². The lowest BCUT2D eigenvalue weighted by molar-refractivity contribution is -0.119. The lowest BCUT2D eigenvalue weighted by Crippen LogP contribution is -2.40. The maximum atomic E-state index is 13.3. The van der Waals surface area contributed by atoms with Crippen molar-refractivity contribution in [2.24, 2.45) is 5.73 Å². The van der Waals surface area contributed by atoms with E-state index >= 15 is 0 Å². The van der Waals surface area contributed by atoms with Crippen molar-refractivity contribution in [2.45, 2.75) is 18.9 Å². The number of rotatable bonds is 2. The highest BCUT2D eigenvalue weighted by Crippen LogP contribution is 2.34. The highest BCUT2D eigenvalue weighted by molar-refractivity contribution is 9.10. The quantitative estimate of drug-likeness (QED) is 0.816. The maximum absolute atomic E-state index is 13.3. The van der Waals surface area contributed by atoms with Crippen molar-refractivity contribution in [3.8, 4) is 0 Å². The fraction of sp³-hybridized carbons (Fsp3) is 0.364. The van der Waals surface area contributed by atoms with Crippen LogP contribution in [0.15, 0.2) is 16.6 Å². The van der Waals surface area contributed by atoms with Crippen LogP contribution in [0.3, 0.4) is 0 Å². The lowest BCUT2D eigenvalue weighted by atomic mass is 10.2. The van der Waals surface area contributed by atoms with Crippen LogP contribution in [0, 0.1) is 5.82 Å². The maximum Gasteiger partial charge on any atom is 0.240 e. The van der Waals surface area contributed by atoms with Gasteiger partial charge in [-0.1, -0.05) is 0 Å². The number of hydrogen-bond acceptors (Lipinski definition) is 3. The molecular formula is C11H13BrFN3O. The molecule has 4 nitrogen and oxygen atoms in total. The molecule has 0 saturated carbocycles. The van der Waals surface area contributed by atoms with Gasteiger partial charge in [-0.2, -0.15) is 0 Å². The summed E-state index contributed by atoms with van der Waals surface area (Å²) in [6.45, 7) is 0.704. The lowest BCUT2D eigenvalue weighted by Gasteiger charge is -2.26. The molecule has 0 radical (unpaired) electrons. The number of nitrogens with zero attached hydrogens (tertiary/aromatic N) is 1. The minimum absolute atomic E-state index is 0.318. The van der Waals surface area contributed by atoms with E-state index in [1.807, 2.05) is 4.90 Å². The third kappa shape index (κ3) is 2.22. The molecule has 2 rings (SSSR count). The molecule has 1 heterocycles. The van der Waals surface area contributed by atoms with Gasteiger partial charge in [0.25, 0.3) is 0 Å². The molecule has 0 aliphatic carbocycles. The SMILES string of the molecule is NC(=O)C1CCCN1c1cc(Br)c(F)cc1N. The van der Waals surface area contributed by atoms with Crippen molar-refractivity contribution in [3.63, 3.8) is 0 Å². The second-order valence-electron chi connectivity index (χ2n) is 4.08. The van der Waals surface area contributed by atoms with E-state index in [4.69, 9.17) is 11.5 Å². The van der Waals surface area contributed by atoms with E-state index in [1.165, 1.54) is 6.07 Å². The number of carbonyl (C=O) groups is 1. The first-order chi connectivity index (χ1) is 8.00. The molecule has 0 bridgehead atoms. The zero-order chi connectivity index (χ0) is 12.6. The van der Waals surface area contributed by atoms with E-state index in [-0.39, 0.29) is 11.9 Å². The first-order valence-corrected chi connectivity index (χ1v) is 6.10. The second kappa shape index (κ2) is 4.52. The summed E-state index contributed by atoms with van der Waals surface area (Å²) in [5.74, 6) is -0.789. The highest BCUT2D eigenvalue weighted by atomic mass is 79.9. The number of nitrogen functional groups attached to an aromatic ring is 1. The third-order valence-electron chi connectivity index (χ3n) is 2.96. The van der Waals surface area contributed by atoms with Crippen LogP contribution in [0.4, 0.5) is 15.8 Å². The molecule has 1 aromatic rings. The summed E-state index contributed by atoms with van der Waals surface area (Å²) in [6.07, 6.45) is 1.59. The molecule has 1 atom stereocenters. The number of carbonyl (C=O) groups excluding carboxylic acids is 1. The van der Waals surface area contributed by atoms with Crippen LogP contribution in [0.25, 0.3) is 0 Å². The Morgan fingerprint density at radius 1 is 1.53 bits per heavy atom. The fourth-order valence-electron chi connectivity index (χ4n) is 2.15. The largest absolute Gasteiger partial charge is 0.397 e. The molecule has 1 fully saturated rings. The number of nitrogens with two attached hydrogens (primary N) is 2. The predicted molar refractivity (Wildman–Crippen MR) is 68.1 cm³/mol. The summed E-state index contributed by atoms with van der Waals surface area (Å²) in [5.41, 5.74) is 12.1. The number of anilines is 2. The molecule has 1 unspecified atom stereocenters. The number of amides is 1. The molecule has 1 amide bonds. The molecule has 0 aromatic heterocycles. The second-order valence-corrected chi connectivity index (χ2v) is 4.93. The van der Waals surface area contributed by atoms with Crippen molar-refractivity contribution < 1.29 is 9.18 Å². The van der Waals surface area contributed by atoms with Crippen LogP contribution in [-0.2, 0) is 4.79 Å². The van der Waals surface area contributed by atoms with Gasteiger partial charge in [0, 0.05) is 12.6 Å². The van der Waals surface area contributed by atoms with Crippen molar-refractivity contribution in [1.82, 2.24) is 0 Å². The molecule has 1 aliphatic heterocycles. The Balaban J connectivity index is 2.40. The Morgan fingerprint density at radius 2 is 2.24 bits per heavy atom. The number of primary amides is 1. The van der Waals surface area contributed by atoms with Gasteiger partial charge < -0.3 is 16.4 Å². The molecular weight excluding hydrogens is 289 g/mol. The Hall–Kier alpha value is -1.30. The molecule has 4 N–H and O–H groups in total. The zero-order valence-corrected chi connectivity index (χ0v) is 10.7. The van der Waals surface area contributed by atoms with E-state index in [2.05, 4.69) is 15.9 Å². The normalized spacial score (nSPS) is 19.6. The first-order valence-electron chi connectivity index (χ1n) is 5.31. The van der Waals surface area contributed by atoms with Crippen LogP contribution in [0.2, 0.25) is 0 Å². The average molecular weight is 302 g/mol. The molecule has 1 saturated heterocycles. The Labute approximate surface area is 107 Å². The Kier molecular flexibility index (Phi) is 3.24. The highest BCUT2D eigenvalue weighted by Gasteiger charge is 2.30. The molecule has 0 spiro atoms. The van der Waals surface area contributed by atoms with Gasteiger partial charge in [-0.05, 0) is 34.8 Å². The van der Waals surface area contributed by atoms with Crippen LogP contribution in [0.5, 0.6) is 0 Å². The van der Waals surface area contributed by atoms with Gasteiger partial charge >= 0.3 is 0 Å². The Bertz CT molecular complexity index is 466. The molecule has 17 heavy (non-hydrogen) atoms. The summed E-state index contributed by atoms with van der Waals surface area (Å²) in [7, 11) is 0. The van der Waals surface area contributed by atoms with Crippen molar-refractivity contribution in [1.29, 1.82) is 0 Å². The van der Waals surface area contributed by atoms with Gasteiger partial charge in [-0.25, -0.2) is 4.39 Å². The van der Waals surface area contributed by atoms with Crippen LogP contribution < -0.4 is 16.4 Å². The summed E-state index contributed by atoms with van der Waals surface area (Å²) in [6, 6.07) is 2.48. The van der Waals surface area contributed by atoms with Crippen LogP contribution >= 0.6 is 15.9 Å².